The van der Waals surface area contributed by atoms with Crippen molar-refractivity contribution in [1.29, 1.82) is 0 Å². The summed E-state index contributed by atoms with van der Waals surface area (Å²) in [5.41, 5.74) is 2.85. The van der Waals surface area contributed by atoms with Crippen molar-refractivity contribution < 1.29 is 4.79 Å². The molecule has 0 saturated heterocycles. The Balaban J connectivity index is 0.00000144. The van der Waals surface area contributed by atoms with E-state index in [4.69, 9.17) is 0 Å². The van der Waals surface area contributed by atoms with Crippen molar-refractivity contribution in [2.45, 2.75) is 20.8 Å². The fraction of sp³-hybridized carbons (Fsp3) is 0.333. The molecule has 0 aliphatic heterocycles. The van der Waals surface area contributed by atoms with E-state index >= 15 is 0 Å². The molecule has 1 N–H and O–H groups in total. The number of carbonyl (C=O) groups excluding carboxylic acids is 1. The predicted octanol–water partition coefficient (Wildman–Crippen LogP) is 2.08. The van der Waals surface area contributed by atoms with Crippen LogP contribution in [0.3, 0.4) is 0 Å². The molecule has 0 saturated carbocycles. The molecule has 0 atom stereocenters. The largest absolute Gasteiger partial charge is 0.326 e. The SMILES string of the molecule is CC(=O)Nc1c(C)cncc1C.Cl. The zero-order chi connectivity index (χ0) is 9.14. The molecule has 0 aromatic carbocycles. The van der Waals surface area contributed by atoms with E-state index in [1.807, 2.05) is 13.8 Å². The maximum absolute atomic E-state index is 10.8. The van der Waals surface area contributed by atoms with Crippen LogP contribution in [-0.4, -0.2) is 10.9 Å². The summed E-state index contributed by atoms with van der Waals surface area (Å²) in [4.78, 5) is 14.8. The number of rotatable bonds is 1. The summed E-state index contributed by atoms with van der Waals surface area (Å²) in [5, 5.41) is 2.76. The quantitative estimate of drug-likeness (QED) is 0.754. The summed E-state index contributed by atoms with van der Waals surface area (Å²) >= 11 is 0. The number of halogens is 1. The summed E-state index contributed by atoms with van der Waals surface area (Å²) < 4.78 is 0. The van der Waals surface area contributed by atoms with E-state index in [9.17, 15) is 4.79 Å². The average molecular weight is 201 g/mol. The van der Waals surface area contributed by atoms with Gasteiger partial charge in [-0.3, -0.25) is 9.78 Å². The molecule has 0 bridgehead atoms. The Hall–Kier alpha value is -1.09. The fourth-order valence-electron chi connectivity index (χ4n) is 1.07. The van der Waals surface area contributed by atoms with Gasteiger partial charge in [-0.2, -0.15) is 0 Å². The first-order chi connectivity index (χ1) is 5.61. The molecule has 4 heteroatoms. The van der Waals surface area contributed by atoms with Crippen molar-refractivity contribution in [2.24, 2.45) is 0 Å². The predicted molar refractivity (Wildman–Crippen MR) is 55.3 cm³/mol. The van der Waals surface area contributed by atoms with Gasteiger partial charge in [0.2, 0.25) is 5.91 Å². The Morgan fingerprint density at radius 3 is 2.15 bits per heavy atom. The van der Waals surface area contributed by atoms with Crippen molar-refractivity contribution >= 4 is 24.0 Å². The number of nitrogens with zero attached hydrogens (tertiary/aromatic N) is 1. The lowest BCUT2D eigenvalue weighted by Gasteiger charge is -2.08. The zero-order valence-corrected chi connectivity index (χ0v) is 8.73. The molecule has 0 aliphatic carbocycles. The van der Waals surface area contributed by atoms with E-state index in [0.717, 1.165) is 16.8 Å². The van der Waals surface area contributed by atoms with Crippen LogP contribution < -0.4 is 5.32 Å². The standard InChI is InChI=1S/C9H12N2O.ClH/c1-6-4-10-5-7(2)9(6)11-8(3)12;/h4-5H,1-3H3,(H,10,11,12);1H. The average Bonchev–Trinajstić information content (AvgIpc) is 1.97. The van der Waals surface area contributed by atoms with Gasteiger partial charge in [0.15, 0.2) is 0 Å². The first kappa shape index (κ1) is 11.9. The minimum Gasteiger partial charge on any atom is -0.326 e. The summed E-state index contributed by atoms with van der Waals surface area (Å²) in [6.07, 6.45) is 3.47. The van der Waals surface area contributed by atoms with Gasteiger partial charge in [0.05, 0.1) is 0 Å². The summed E-state index contributed by atoms with van der Waals surface area (Å²) in [7, 11) is 0. The van der Waals surface area contributed by atoms with Gasteiger partial charge in [0.1, 0.15) is 0 Å². The first-order valence-electron chi connectivity index (χ1n) is 3.80. The second-order valence-electron chi connectivity index (χ2n) is 2.83. The van der Waals surface area contributed by atoms with Crippen molar-refractivity contribution in [3.05, 3.63) is 23.5 Å². The molecule has 13 heavy (non-hydrogen) atoms. The first-order valence-corrected chi connectivity index (χ1v) is 3.80. The van der Waals surface area contributed by atoms with Gasteiger partial charge in [-0.05, 0) is 25.0 Å². The number of aryl methyl sites for hydroxylation is 2. The zero-order valence-electron chi connectivity index (χ0n) is 7.92. The van der Waals surface area contributed by atoms with Crippen LogP contribution in [0.5, 0.6) is 0 Å². The molecule has 0 radical (unpaired) electrons. The number of hydrogen-bond acceptors (Lipinski definition) is 2. The minimum atomic E-state index is -0.0487. The number of aromatic nitrogens is 1. The molecule has 0 spiro atoms. The summed E-state index contributed by atoms with van der Waals surface area (Å²) in [6.45, 7) is 5.34. The van der Waals surface area contributed by atoms with Gasteiger partial charge >= 0.3 is 0 Å². The Morgan fingerprint density at radius 2 is 1.77 bits per heavy atom. The maximum Gasteiger partial charge on any atom is 0.221 e. The lowest BCUT2D eigenvalue weighted by atomic mass is 10.2. The van der Waals surface area contributed by atoms with Gasteiger partial charge in [-0.15, -0.1) is 12.4 Å². The van der Waals surface area contributed by atoms with Gasteiger partial charge in [-0.1, -0.05) is 0 Å². The number of hydrogen-bond donors (Lipinski definition) is 1. The lowest BCUT2D eigenvalue weighted by molar-refractivity contribution is -0.114. The van der Waals surface area contributed by atoms with Crippen molar-refractivity contribution in [2.75, 3.05) is 5.32 Å². The van der Waals surface area contributed by atoms with Gasteiger partial charge < -0.3 is 5.32 Å². The number of carbonyl (C=O) groups is 1. The van der Waals surface area contributed by atoms with Crippen LogP contribution in [0.25, 0.3) is 0 Å². The summed E-state index contributed by atoms with van der Waals surface area (Å²) in [6, 6.07) is 0. The Labute approximate surface area is 84.0 Å². The number of nitrogens with one attached hydrogen (secondary N) is 1. The number of anilines is 1. The van der Waals surface area contributed by atoms with E-state index in [0.29, 0.717) is 0 Å². The second kappa shape index (κ2) is 4.82. The highest BCUT2D eigenvalue weighted by atomic mass is 35.5. The Kier molecular flexibility index (Phi) is 4.42. The molecule has 1 amide bonds. The van der Waals surface area contributed by atoms with E-state index in [2.05, 4.69) is 10.3 Å². The molecule has 1 aromatic rings. The fourth-order valence-corrected chi connectivity index (χ4v) is 1.07. The maximum atomic E-state index is 10.8. The van der Waals surface area contributed by atoms with Crippen LogP contribution in [0.2, 0.25) is 0 Å². The van der Waals surface area contributed by atoms with Crippen LogP contribution in [0.1, 0.15) is 18.1 Å². The van der Waals surface area contributed by atoms with E-state index in [1.165, 1.54) is 6.92 Å². The van der Waals surface area contributed by atoms with Crippen LogP contribution in [-0.2, 0) is 4.79 Å². The third-order valence-electron chi connectivity index (χ3n) is 1.63. The molecule has 1 rings (SSSR count). The smallest absolute Gasteiger partial charge is 0.221 e. The molecular formula is C9H13ClN2O. The van der Waals surface area contributed by atoms with E-state index in [-0.39, 0.29) is 18.3 Å². The van der Waals surface area contributed by atoms with Crippen LogP contribution in [0, 0.1) is 13.8 Å². The van der Waals surface area contributed by atoms with Crippen LogP contribution in [0.15, 0.2) is 12.4 Å². The van der Waals surface area contributed by atoms with E-state index in [1.54, 1.807) is 12.4 Å². The Bertz CT molecular complexity index is 292. The molecular weight excluding hydrogens is 188 g/mol. The highest BCUT2D eigenvalue weighted by Crippen LogP contribution is 2.17. The van der Waals surface area contributed by atoms with E-state index < -0.39 is 0 Å². The highest BCUT2D eigenvalue weighted by molar-refractivity contribution is 5.90. The monoisotopic (exact) mass is 200 g/mol. The van der Waals surface area contributed by atoms with Crippen molar-refractivity contribution in [1.82, 2.24) is 4.98 Å². The molecule has 0 unspecified atom stereocenters. The minimum absolute atomic E-state index is 0. The van der Waals surface area contributed by atoms with Gasteiger partial charge in [0, 0.05) is 25.0 Å². The molecule has 1 heterocycles. The summed E-state index contributed by atoms with van der Waals surface area (Å²) in [5.74, 6) is -0.0487. The second-order valence-corrected chi connectivity index (χ2v) is 2.83. The molecule has 1 aromatic heterocycles. The molecule has 3 nitrogen and oxygen atoms in total. The molecule has 0 aliphatic rings. The lowest BCUT2D eigenvalue weighted by Crippen LogP contribution is -2.08. The van der Waals surface area contributed by atoms with Crippen molar-refractivity contribution in [3.63, 3.8) is 0 Å². The topological polar surface area (TPSA) is 42.0 Å². The van der Waals surface area contributed by atoms with Gasteiger partial charge in [0.25, 0.3) is 0 Å². The van der Waals surface area contributed by atoms with Crippen molar-refractivity contribution in [3.8, 4) is 0 Å². The third kappa shape index (κ3) is 3.03. The molecule has 0 fully saturated rings. The van der Waals surface area contributed by atoms with Gasteiger partial charge in [-0.25, -0.2) is 0 Å². The number of amides is 1. The Morgan fingerprint density at radius 1 is 1.31 bits per heavy atom. The third-order valence-corrected chi connectivity index (χ3v) is 1.63. The van der Waals surface area contributed by atoms with Crippen LogP contribution >= 0.6 is 12.4 Å². The number of pyridine rings is 1. The molecule has 72 valence electrons. The van der Waals surface area contributed by atoms with Crippen LogP contribution in [0.4, 0.5) is 5.69 Å². The highest BCUT2D eigenvalue weighted by Gasteiger charge is 2.02. The normalized spacial score (nSPS) is 8.85.